The van der Waals surface area contributed by atoms with E-state index in [2.05, 4.69) is 15.8 Å². The molecule has 0 atom stereocenters. The molecule has 3 amide bonds. The number of carbonyl (C=O) groups is 3. The molecule has 0 spiro atoms. The van der Waals surface area contributed by atoms with Crippen LogP contribution in [0.3, 0.4) is 0 Å². The van der Waals surface area contributed by atoms with Crippen LogP contribution in [0.1, 0.15) is 32.0 Å². The first-order chi connectivity index (χ1) is 14.8. The molecule has 1 aromatic heterocycles. The number of amides is 3. The third-order valence-corrected chi connectivity index (χ3v) is 5.01. The van der Waals surface area contributed by atoms with Crippen LogP contribution in [-0.2, 0) is 11.3 Å². The summed E-state index contributed by atoms with van der Waals surface area (Å²) in [6, 6.07) is 11.5. The topological polar surface area (TPSA) is 127 Å². The van der Waals surface area contributed by atoms with Crippen LogP contribution in [0.25, 0.3) is 11.3 Å². The van der Waals surface area contributed by atoms with Gasteiger partial charge in [0.2, 0.25) is 5.91 Å². The predicted octanol–water partition coefficient (Wildman–Crippen LogP) is 3.10. The summed E-state index contributed by atoms with van der Waals surface area (Å²) in [6.45, 7) is 1.57. The van der Waals surface area contributed by atoms with Crippen LogP contribution in [-0.4, -0.2) is 29.4 Å². The average Bonchev–Trinajstić information content (AvgIpc) is 3.11. The van der Waals surface area contributed by atoms with E-state index in [0.29, 0.717) is 26.9 Å². The zero-order valence-corrected chi connectivity index (χ0v) is 17.9. The van der Waals surface area contributed by atoms with Gasteiger partial charge in [-0.05, 0) is 36.8 Å². The van der Waals surface area contributed by atoms with E-state index in [4.69, 9.17) is 33.5 Å². The highest BCUT2D eigenvalue weighted by Gasteiger charge is 2.24. The van der Waals surface area contributed by atoms with Gasteiger partial charge < -0.3 is 20.9 Å². The Balaban J connectivity index is 1.72. The summed E-state index contributed by atoms with van der Waals surface area (Å²) in [7, 11) is 0. The quantitative estimate of drug-likeness (QED) is 0.498. The Hall–Kier alpha value is -3.36. The number of nitrogens with two attached hydrogens (primary N) is 1. The molecule has 4 N–H and O–H groups in total. The molecule has 0 fully saturated rings. The predicted molar refractivity (Wildman–Crippen MR) is 116 cm³/mol. The van der Waals surface area contributed by atoms with Crippen LogP contribution in [0.5, 0.6) is 0 Å². The van der Waals surface area contributed by atoms with Crippen molar-refractivity contribution in [3.63, 3.8) is 0 Å². The minimum atomic E-state index is -0.630. The van der Waals surface area contributed by atoms with Crippen LogP contribution < -0.4 is 16.4 Å². The van der Waals surface area contributed by atoms with Gasteiger partial charge in [-0.1, -0.05) is 46.6 Å². The largest absolute Gasteiger partial charge is 0.368 e. The SMILES string of the molecule is Cc1onc(-c2c(Cl)cccc2Cl)c1C(=O)NCc1ccc(C(=O)NCC(N)=O)cc1. The highest BCUT2D eigenvalue weighted by Crippen LogP contribution is 2.36. The molecule has 2 aromatic carbocycles. The lowest BCUT2D eigenvalue weighted by Gasteiger charge is -2.09. The number of hydrogen-bond acceptors (Lipinski definition) is 5. The van der Waals surface area contributed by atoms with E-state index in [0.717, 1.165) is 5.56 Å². The van der Waals surface area contributed by atoms with Gasteiger partial charge in [0, 0.05) is 17.7 Å². The van der Waals surface area contributed by atoms with Crippen LogP contribution in [0, 0.1) is 6.92 Å². The van der Waals surface area contributed by atoms with Crippen molar-refractivity contribution >= 4 is 40.9 Å². The molecule has 8 nitrogen and oxygen atoms in total. The molecule has 31 heavy (non-hydrogen) atoms. The molecule has 0 bridgehead atoms. The molecule has 1 heterocycles. The standard InChI is InChI=1S/C21H18Cl2N4O4/c1-11-17(19(27-31-11)18-14(22)3-2-4-15(18)23)21(30)25-9-12-5-7-13(8-6-12)20(29)26-10-16(24)28/h2-8H,9-10H2,1H3,(H2,24,28)(H,25,30)(H,26,29). The van der Waals surface area contributed by atoms with E-state index in [1.165, 1.54) is 0 Å². The molecule has 0 radical (unpaired) electrons. The third-order valence-electron chi connectivity index (χ3n) is 4.38. The fourth-order valence-electron chi connectivity index (χ4n) is 2.85. The van der Waals surface area contributed by atoms with E-state index in [1.807, 2.05) is 0 Å². The summed E-state index contributed by atoms with van der Waals surface area (Å²) >= 11 is 12.5. The number of hydrogen-bond donors (Lipinski definition) is 3. The zero-order valence-electron chi connectivity index (χ0n) is 16.4. The van der Waals surface area contributed by atoms with Crippen molar-refractivity contribution in [1.29, 1.82) is 0 Å². The van der Waals surface area contributed by atoms with Crippen LogP contribution >= 0.6 is 23.2 Å². The number of nitrogens with zero attached hydrogens (tertiary/aromatic N) is 1. The molecule has 0 aliphatic heterocycles. The Kier molecular flexibility index (Phi) is 6.94. The second-order valence-electron chi connectivity index (χ2n) is 6.59. The molecule has 3 aromatic rings. The Labute approximate surface area is 187 Å². The third kappa shape index (κ3) is 5.22. The number of halogens is 2. The molecule has 0 saturated carbocycles. The summed E-state index contributed by atoms with van der Waals surface area (Å²) in [4.78, 5) is 35.5. The van der Waals surface area contributed by atoms with Crippen molar-refractivity contribution < 1.29 is 18.9 Å². The van der Waals surface area contributed by atoms with Crippen LogP contribution in [0.2, 0.25) is 10.0 Å². The summed E-state index contributed by atoms with van der Waals surface area (Å²) in [5.74, 6) is -1.14. The zero-order chi connectivity index (χ0) is 22.5. The number of rotatable bonds is 7. The smallest absolute Gasteiger partial charge is 0.257 e. The average molecular weight is 461 g/mol. The molecule has 0 unspecified atom stereocenters. The monoisotopic (exact) mass is 460 g/mol. The van der Waals surface area contributed by atoms with Crippen molar-refractivity contribution in [1.82, 2.24) is 15.8 Å². The second-order valence-corrected chi connectivity index (χ2v) is 7.40. The van der Waals surface area contributed by atoms with Gasteiger partial charge in [-0.15, -0.1) is 0 Å². The van der Waals surface area contributed by atoms with E-state index in [9.17, 15) is 14.4 Å². The molecule has 0 saturated heterocycles. The molecule has 160 valence electrons. The van der Waals surface area contributed by atoms with E-state index in [-0.39, 0.29) is 24.3 Å². The maximum Gasteiger partial charge on any atom is 0.257 e. The van der Waals surface area contributed by atoms with Gasteiger partial charge in [-0.2, -0.15) is 0 Å². The number of aromatic nitrogens is 1. The van der Waals surface area contributed by atoms with Gasteiger partial charge in [0.1, 0.15) is 17.0 Å². The number of aryl methyl sites for hydroxylation is 1. The molecular formula is C21H18Cl2N4O4. The van der Waals surface area contributed by atoms with Gasteiger partial charge in [-0.3, -0.25) is 14.4 Å². The van der Waals surface area contributed by atoms with Crippen molar-refractivity contribution in [2.45, 2.75) is 13.5 Å². The van der Waals surface area contributed by atoms with Gasteiger partial charge >= 0.3 is 0 Å². The maximum absolute atomic E-state index is 12.8. The maximum atomic E-state index is 12.8. The van der Waals surface area contributed by atoms with E-state index < -0.39 is 17.7 Å². The molecule has 0 aliphatic carbocycles. The molecule has 0 aliphatic rings. The Morgan fingerprint density at radius 2 is 1.65 bits per heavy atom. The molecular weight excluding hydrogens is 443 g/mol. The van der Waals surface area contributed by atoms with Crippen LogP contribution in [0.15, 0.2) is 47.0 Å². The first-order valence-corrected chi connectivity index (χ1v) is 9.87. The second kappa shape index (κ2) is 9.63. The first-order valence-electron chi connectivity index (χ1n) is 9.12. The van der Waals surface area contributed by atoms with E-state index in [1.54, 1.807) is 49.4 Å². The summed E-state index contributed by atoms with van der Waals surface area (Å²) in [6.07, 6.45) is 0. The minimum absolute atomic E-state index is 0.197. The minimum Gasteiger partial charge on any atom is -0.368 e. The number of carbonyl (C=O) groups excluding carboxylic acids is 3. The Bertz CT molecular complexity index is 1120. The van der Waals surface area contributed by atoms with E-state index >= 15 is 0 Å². The lowest BCUT2D eigenvalue weighted by atomic mass is 10.1. The first kappa shape index (κ1) is 22.3. The molecule has 3 rings (SSSR count). The van der Waals surface area contributed by atoms with Gasteiger partial charge in [0.25, 0.3) is 11.8 Å². The summed E-state index contributed by atoms with van der Waals surface area (Å²) in [5.41, 5.74) is 7.03. The lowest BCUT2D eigenvalue weighted by Crippen LogP contribution is -2.33. The van der Waals surface area contributed by atoms with Gasteiger partial charge in [-0.25, -0.2) is 0 Å². The number of benzene rings is 2. The van der Waals surface area contributed by atoms with Crippen molar-refractivity contribution in [2.24, 2.45) is 5.73 Å². The highest BCUT2D eigenvalue weighted by atomic mass is 35.5. The normalized spacial score (nSPS) is 10.5. The van der Waals surface area contributed by atoms with Crippen molar-refractivity contribution in [2.75, 3.05) is 6.54 Å². The van der Waals surface area contributed by atoms with Crippen LogP contribution in [0.4, 0.5) is 0 Å². The summed E-state index contributed by atoms with van der Waals surface area (Å²) < 4.78 is 5.21. The number of primary amides is 1. The van der Waals surface area contributed by atoms with Gasteiger partial charge in [0.15, 0.2) is 0 Å². The summed E-state index contributed by atoms with van der Waals surface area (Å²) in [5, 5.41) is 9.85. The Morgan fingerprint density at radius 3 is 2.26 bits per heavy atom. The molecule has 10 heteroatoms. The fraction of sp³-hybridized carbons (Fsp3) is 0.143. The Morgan fingerprint density at radius 1 is 1.00 bits per heavy atom. The fourth-order valence-corrected chi connectivity index (χ4v) is 3.42. The van der Waals surface area contributed by atoms with Crippen molar-refractivity contribution in [3.8, 4) is 11.3 Å². The number of nitrogens with one attached hydrogen (secondary N) is 2. The lowest BCUT2D eigenvalue weighted by molar-refractivity contribution is -0.117. The van der Waals surface area contributed by atoms with Gasteiger partial charge in [0.05, 0.1) is 16.6 Å². The highest BCUT2D eigenvalue weighted by molar-refractivity contribution is 6.39. The van der Waals surface area contributed by atoms with Crippen molar-refractivity contribution in [3.05, 3.63) is 75.0 Å².